The highest BCUT2D eigenvalue weighted by Crippen LogP contribution is 2.39. The van der Waals surface area contributed by atoms with Crippen LogP contribution in [0.5, 0.6) is 0 Å². The van der Waals surface area contributed by atoms with Crippen molar-refractivity contribution in [1.82, 2.24) is 14.7 Å². The molecule has 1 amide bonds. The number of likely N-dealkylation sites (N-methyl/N-ethyl adjacent to an activating group) is 1. The first-order chi connectivity index (χ1) is 13.9. The summed E-state index contributed by atoms with van der Waals surface area (Å²) >= 11 is 0. The topological polar surface area (TPSA) is 26.8 Å². The Morgan fingerprint density at radius 2 is 1.70 bits per heavy atom. The fourth-order valence-corrected chi connectivity index (χ4v) is 3.96. The molecule has 1 fully saturated rings. The number of nitrogens with zero attached hydrogens (tertiary/aromatic N) is 3. The summed E-state index contributed by atoms with van der Waals surface area (Å²) < 4.78 is 41.3. The third kappa shape index (κ3) is 5.43. The molecule has 2 aliphatic rings. The second kappa shape index (κ2) is 8.71. The van der Waals surface area contributed by atoms with E-state index < -0.39 is 11.7 Å². The first-order valence-corrected chi connectivity index (χ1v) is 10.5. The number of hydrogen-bond acceptors (Lipinski definition) is 3. The van der Waals surface area contributed by atoms with Gasteiger partial charge in [0.15, 0.2) is 0 Å². The van der Waals surface area contributed by atoms with Crippen LogP contribution in [0.15, 0.2) is 24.3 Å². The van der Waals surface area contributed by atoms with Crippen molar-refractivity contribution in [3.8, 4) is 0 Å². The summed E-state index contributed by atoms with van der Waals surface area (Å²) in [6.45, 7) is 10.6. The largest absolute Gasteiger partial charge is 0.417 e. The first kappa shape index (κ1) is 22.8. The van der Waals surface area contributed by atoms with Gasteiger partial charge in [-0.15, -0.1) is 0 Å². The smallest absolute Gasteiger partial charge is 0.338 e. The number of carbonyl (C=O) groups is 1. The zero-order valence-corrected chi connectivity index (χ0v) is 18.4. The number of benzene rings is 1. The van der Waals surface area contributed by atoms with Crippen LogP contribution >= 0.6 is 0 Å². The highest BCUT2D eigenvalue weighted by Gasteiger charge is 2.36. The Hall–Kier alpha value is -1.86. The van der Waals surface area contributed by atoms with Gasteiger partial charge in [0.2, 0.25) is 5.91 Å². The average molecular weight is 424 g/mol. The lowest BCUT2D eigenvalue weighted by molar-refractivity contribution is -0.138. The van der Waals surface area contributed by atoms with Crippen LogP contribution in [0.1, 0.15) is 43.9 Å². The van der Waals surface area contributed by atoms with Crippen LogP contribution in [0.25, 0.3) is 5.57 Å². The van der Waals surface area contributed by atoms with Gasteiger partial charge in [-0.3, -0.25) is 9.69 Å². The van der Waals surface area contributed by atoms with Gasteiger partial charge in [0, 0.05) is 39.3 Å². The van der Waals surface area contributed by atoms with E-state index in [4.69, 9.17) is 0 Å². The molecular weight excluding hydrogens is 391 g/mol. The van der Waals surface area contributed by atoms with Crippen molar-refractivity contribution in [3.63, 3.8) is 0 Å². The van der Waals surface area contributed by atoms with Gasteiger partial charge in [-0.25, -0.2) is 0 Å². The Balaban J connectivity index is 1.72. The summed E-state index contributed by atoms with van der Waals surface area (Å²) in [6, 6.07) is 4.66. The molecule has 30 heavy (non-hydrogen) atoms. The van der Waals surface area contributed by atoms with Gasteiger partial charge < -0.3 is 9.80 Å². The lowest BCUT2D eigenvalue weighted by atomic mass is 9.83. The van der Waals surface area contributed by atoms with E-state index in [0.717, 1.165) is 26.2 Å². The van der Waals surface area contributed by atoms with Crippen molar-refractivity contribution in [2.75, 3.05) is 52.9 Å². The quantitative estimate of drug-likeness (QED) is 0.739. The van der Waals surface area contributed by atoms with E-state index in [9.17, 15) is 18.0 Å². The normalized spacial score (nSPS) is 19.7. The fourth-order valence-electron chi connectivity index (χ4n) is 3.96. The van der Waals surface area contributed by atoms with E-state index in [-0.39, 0.29) is 16.9 Å². The van der Waals surface area contributed by atoms with E-state index in [2.05, 4.69) is 16.8 Å². The summed E-state index contributed by atoms with van der Waals surface area (Å²) in [6.07, 6.45) is -2.19. The van der Waals surface area contributed by atoms with Gasteiger partial charge in [-0.2, -0.15) is 13.2 Å². The van der Waals surface area contributed by atoms with Crippen molar-refractivity contribution in [2.24, 2.45) is 0 Å². The Morgan fingerprint density at radius 3 is 2.23 bits per heavy atom. The van der Waals surface area contributed by atoms with E-state index in [1.807, 2.05) is 20.8 Å². The highest BCUT2D eigenvalue weighted by molar-refractivity contribution is 5.80. The number of hydrogen-bond donors (Lipinski definition) is 0. The van der Waals surface area contributed by atoms with Crippen molar-refractivity contribution >= 4 is 11.5 Å². The Labute approximate surface area is 177 Å². The molecule has 7 heteroatoms. The van der Waals surface area contributed by atoms with E-state index >= 15 is 0 Å². The van der Waals surface area contributed by atoms with Gasteiger partial charge >= 0.3 is 6.18 Å². The second-order valence-corrected chi connectivity index (χ2v) is 9.41. The third-order valence-corrected chi connectivity index (χ3v) is 6.05. The van der Waals surface area contributed by atoms with Crippen LogP contribution in [-0.2, 0) is 16.4 Å². The highest BCUT2D eigenvalue weighted by atomic mass is 19.4. The zero-order chi connectivity index (χ0) is 22.1. The number of carbonyl (C=O) groups excluding carboxylic acids is 1. The molecule has 1 saturated heterocycles. The minimum Gasteiger partial charge on any atom is -0.338 e. The molecule has 2 aliphatic heterocycles. The Kier molecular flexibility index (Phi) is 6.63. The van der Waals surface area contributed by atoms with Crippen molar-refractivity contribution in [3.05, 3.63) is 41.0 Å². The molecule has 0 spiro atoms. The van der Waals surface area contributed by atoms with Crippen LogP contribution < -0.4 is 0 Å². The summed E-state index contributed by atoms with van der Waals surface area (Å²) in [5.41, 5.74) is 0.636. The standard InChI is InChI=1S/C23H32F3N3O/c1-22(2,3)18-5-6-19(20(15-18)23(24,25)26)17-7-9-29(10-8-17)21(30)16-28-13-11-27(4)12-14-28/h5-7,15H,8-14,16H2,1-4H3. The molecular formula is C23H32F3N3O. The predicted octanol–water partition coefficient (Wildman–Crippen LogP) is 3.87. The van der Waals surface area contributed by atoms with Crippen molar-refractivity contribution in [2.45, 2.75) is 38.8 Å². The summed E-state index contributed by atoms with van der Waals surface area (Å²) in [7, 11) is 2.07. The summed E-state index contributed by atoms with van der Waals surface area (Å²) in [5.74, 6) is 0.0500. The molecule has 3 rings (SSSR count). The van der Waals surface area contributed by atoms with Crippen molar-refractivity contribution < 1.29 is 18.0 Å². The summed E-state index contributed by atoms with van der Waals surface area (Å²) in [4.78, 5) is 18.8. The maximum Gasteiger partial charge on any atom is 0.417 e. The number of rotatable bonds is 3. The van der Waals surface area contributed by atoms with Crippen LogP contribution in [-0.4, -0.2) is 73.5 Å². The van der Waals surface area contributed by atoms with Gasteiger partial charge in [0.25, 0.3) is 0 Å². The van der Waals surface area contributed by atoms with E-state index in [1.165, 1.54) is 6.07 Å². The monoisotopic (exact) mass is 423 g/mol. The van der Waals surface area contributed by atoms with E-state index in [0.29, 0.717) is 37.2 Å². The second-order valence-electron chi connectivity index (χ2n) is 9.41. The Morgan fingerprint density at radius 1 is 1.03 bits per heavy atom. The van der Waals surface area contributed by atoms with Crippen LogP contribution in [0.2, 0.25) is 0 Å². The lowest BCUT2D eigenvalue weighted by Crippen LogP contribution is -2.49. The molecule has 0 saturated carbocycles. The molecule has 0 bridgehead atoms. The zero-order valence-electron chi connectivity index (χ0n) is 18.4. The molecule has 2 heterocycles. The predicted molar refractivity (Wildman–Crippen MR) is 113 cm³/mol. The maximum absolute atomic E-state index is 13.8. The van der Waals surface area contributed by atoms with E-state index in [1.54, 1.807) is 23.1 Å². The molecule has 1 aromatic carbocycles. The molecule has 1 aromatic rings. The van der Waals surface area contributed by atoms with Crippen molar-refractivity contribution in [1.29, 1.82) is 0 Å². The van der Waals surface area contributed by atoms with Gasteiger partial charge in [-0.1, -0.05) is 39.0 Å². The minimum absolute atomic E-state index is 0.0500. The minimum atomic E-state index is -4.41. The molecule has 0 atom stereocenters. The molecule has 166 valence electrons. The van der Waals surface area contributed by atoms with Crippen LogP contribution in [0, 0.1) is 0 Å². The molecule has 0 radical (unpaired) electrons. The summed E-state index contributed by atoms with van der Waals surface area (Å²) in [5, 5.41) is 0. The number of amides is 1. The SMILES string of the molecule is CN1CCN(CC(=O)N2CC=C(c3ccc(C(C)(C)C)cc3C(F)(F)F)CC2)CC1. The average Bonchev–Trinajstić information content (AvgIpc) is 2.68. The molecule has 0 aromatic heterocycles. The molecule has 0 N–H and O–H groups in total. The van der Waals surface area contributed by atoms with Gasteiger partial charge in [-0.05, 0) is 41.6 Å². The fraction of sp³-hybridized carbons (Fsp3) is 0.609. The maximum atomic E-state index is 13.8. The number of alkyl halides is 3. The molecule has 4 nitrogen and oxygen atoms in total. The van der Waals surface area contributed by atoms with Crippen LogP contribution in [0.4, 0.5) is 13.2 Å². The molecule has 0 unspecified atom stereocenters. The molecule has 0 aliphatic carbocycles. The number of halogens is 3. The van der Waals surface area contributed by atoms with Gasteiger partial charge in [0.05, 0.1) is 12.1 Å². The van der Waals surface area contributed by atoms with Crippen LogP contribution in [0.3, 0.4) is 0 Å². The third-order valence-electron chi connectivity index (χ3n) is 6.05. The van der Waals surface area contributed by atoms with Gasteiger partial charge in [0.1, 0.15) is 0 Å². The lowest BCUT2D eigenvalue weighted by Gasteiger charge is -2.34. The Bertz CT molecular complexity index is 803. The first-order valence-electron chi connectivity index (χ1n) is 10.5. The number of piperazine rings is 1.